The fourth-order valence-corrected chi connectivity index (χ4v) is 3.34. The predicted molar refractivity (Wildman–Crippen MR) is 84.0 cm³/mol. The molecule has 0 spiro atoms. The lowest BCUT2D eigenvalue weighted by molar-refractivity contribution is 0.0691. The molecule has 0 atom stereocenters. The van der Waals surface area contributed by atoms with Crippen molar-refractivity contribution >= 4 is 5.97 Å². The number of aryl methyl sites for hydroxylation is 1. The second-order valence-electron chi connectivity index (χ2n) is 5.61. The minimum atomic E-state index is -1.43. The summed E-state index contributed by atoms with van der Waals surface area (Å²) < 4.78 is 2.13. The molecule has 1 aliphatic carbocycles. The van der Waals surface area contributed by atoms with Crippen molar-refractivity contribution in [2.24, 2.45) is 0 Å². The molecular formula is C16H19N3O4. The van der Waals surface area contributed by atoms with E-state index in [-0.39, 0.29) is 0 Å². The molecule has 3 N–H and O–H groups in total. The number of carboxylic acid groups (broad SMARTS) is 1. The minimum absolute atomic E-state index is 0.437. The van der Waals surface area contributed by atoms with Crippen LogP contribution >= 0.6 is 0 Å². The molecule has 0 bridgehead atoms. The summed E-state index contributed by atoms with van der Waals surface area (Å²) in [6, 6.07) is 0. The molecule has 3 rings (SSSR count). The Morgan fingerprint density at radius 2 is 2.09 bits per heavy atom. The summed E-state index contributed by atoms with van der Waals surface area (Å²) in [4.78, 5) is 30.6. The smallest absolute Gasteiger partial charge is 0.345 e. The zero-order valence-corrected chi connectivity index (χ0v) is 13.1. The highest BCUT2D eigenvalue weighted by atomic mass is 16.4. The van der Waals surface area contributed by atoms with Crippen LogP contribution in [0, 0.1) is 0 Å². The first-order chi connectivity index (χ1) is 11.0. The number of hydrogen-bond donors (Lipinski definition) is 3. The fourth-order valence-electron chi connectivity index (χ4n) is 3.34. The number of nitrogens with one attached hydrogen (secondary N) is 1. The molecule has 7 heteroatoms. The average Bonchev–Trinajstić information content (AvgIpc) is 2.76. The molecule has 23 heavy (non-hydrogen) atoms. The Morgan fingerprint density at radius 3 is 2.70 bits per heavy atom. The molecular weight excluding hydrogens is 298 g/mol. The number of carboxylic acids is 1. The van der Waals surface area contributed by atoms with Crippen LogP contribution in [0.1, 0.15) is 47.7 Å². The van der Waals surface area contributed by atoms with Gasteiger partial charge in [0, 0.05) is 24.2 Å². The number of aromatic nitrogens is 3. The van der Waals surface area contributed by atoms with E-state index in [1.807, 2.05) is 13.8 Å². The number of H-pyrrole nitrogens is 1. The Labute approximate surface area is 132 Å². The van der Waals surface area contributed by atoms with Crippen LogP contribution in [0.2, 0.25) is 0 Å². The Kier molecular flexibility index (Phi) is 3.71. The van der Waals surface area contributed by atoms with Crippen molar-refractivity contribution in [1.29, 1.82) is 0 Å². The number of imidazole rings is 1. The molecule has 1 aliphatic rings. The standard InChI is InChI=1S/C16H19N3O4/c1-3-10-17-13-9(19(10)4-2)7-5-6-8-12(13)18-15(21)11(14(8)20)16(22)23/h3-7H2,1-2H3,(H,22,23)(H2,18,20,21). The molecule has 0 radical (unpaired) electrons. The summed E-state index contributed by atoms with van der Waals surface area (Å²) in [5.74, 6) is -0.939. The normalized spacial score (nSPS) is 13.3. The Balaban J connectivity index is 2.34. The monoisotopic (exact) mass is 317 g/mol. The SMILES string of the molecule is CCc1nc2c(n1CC)CCCc1c-2[nH]c(=O)c(C(=O)O)c1O. The number of aromatic hydroxyl groups is 1. The summed E-state index contributed by atoms with van der Waals surface area (Å²) in [6.45, 7) is 4.84. The minimum Gasteiger partial charge on any atom is -0.506 e. The number of hydrogen-bond acceptors (Lipinski definition) is 4. The Morgan fingerprint density at radius 1 is 1.35 bits per heavy atom. The third-order valence-electron chi connectivity index (χ3n) is 4.37. The third kappa shape index (κ3) is 2.23. The Hall–Kier alpha value is -2.57. The number of carbonyl (C=O) groups is 1. The number of aromatic amines is 1. The first kappa shape index (κ1) is 15.3. The maximum absolute atomic E-state index is 12.1. The lowest BCUT2D eigenvalue weighted by Gasteiger charge is -2.09. The maximum Gasteiger partial charge on any atom is 0.345 e. The van der Waals surface area contributed by atoms with Gasteiger partial charge in [0.1, 0.15) is 17.3 Å². The summed E-state index contributed by atoms with van der Waals surface area (Å²) in [6.07, 6.45) is 2.79. The Bertz CT molecular complexity index is 848. The lowest BCUT2D eigenvalue weighted by atomic mass is 10.0. The van der Waals surface area contributed by atoms with E-state index >= 15 is 0 Å². The van der Waals surface area contributed by atoms with E-state index in [0.717, 1.165) is 37.3 Å². The van der Waals surface area contributed by atoms with Crippen LogP contribution in [-0.2, 0) is 25.8 Å². The molecule has 0 amide bonds. The summed E-state index contributed by atoms with van der Waals surface area (Å²) in [7, 11) is 0. The molecule has 122 valence electrons. The summed E-state index contributed by atoms with van der Waals surface area (Å²) >= 11 is 0. The number of pyridine rings is 1. The quantitative estimate of drug-likeness (QED) is 0.798. The highest BCUT2D eigenvalue weighted by molar-refractivity contribution is 5.91. The topological polar surface area (TPSA) is 108 Å². The van der Waals surface area contributed by atoms with Crippen LogP contribution in [0.25, 0.3) is 11.4 Å². The van der Waals surface area contributed by atoms with Gasteiger partial charge in [-0.05, 0) is 26.2 Å². The van der Waals surface area contributed by atoms with E-state index in [9.17, 15) is 14.7 Å². The molecule has 0 aliphatic heterocycles. The number of aromatic carboxylic acids is 1. The van der Waals surface area contributed by atoms with Gasteiger partial charge in [-0.1, -0.05) is 6.92 Å². The second-order valence-corrected chi connectivity index (χ2v) is 5.61. The average molecular weight is 317 g/mol. The molecule has 2 aromatic heterocycles. The van der Waals surface area contributed by atoms with Crippen molar-refractivity contribution in [1.82, 2.24) is 14.5 Å². The van der Waals surface area contributed by atoms with Crippen LogP contribution in [0.4, 0.5) is 0 Å². The molecule has 0 saturated heterocycles. The van der Waals surface area contributed by atoms with Crippen LogP contribution in [0.5, 0.6) is 5.75 Å². The van der Waals surface area contributed by atoms with Crippen molar-refractivity contribution < 1.29 is 15.0 Å². The lowest BCUT2D eigenvalue weighted by Crippen LogP contribution is -2.20. The van der Waals surface area contributed by atoms with Gasteiger partial charge in [0.25, 0.3) is 5.56 Å². The van der Waals surface area contributed by atoms with E-state index in [1.165, 1.54) is 0 Å². The highest BCUT2D eigenvalue weighted by Crippen LogP contribution is 2.35. The van der Waals surface area contributed by atoms with Crippen molar-refractivity contribution in [3.8, 4) is 17.1 Å². The largest absolute Gasteiger partial charge is 0.506 e. The molecule has 2 heterocycles. The van der Waals surface area contributed by atoms with Gasteiger partial charge < -0.3 is 19.8 Å². The van der Waals surface area contributed by atoms with Gasteiger partial charge in [-0.25, -0.2) is 9.78 Å². The number of rotatable bonds is 3. The van der Waals surface area contributed by atoms with E-state index in [2.05, 4.69) is 14.5 Å². The van der Waals surface area contributed by atoms with Crippen molar-refractivity contribution in [2.45, 2.75) is 46.1 Å². The predicted octanol–water partition coefficient (Wildman–Crippen LogP) is 1.71. The van der Waals surface area contributed by atoms with Gasteiger partial charge in [-0.3, -0.25) is 4.79 Å². The summed E-state index contributed by atoms with van der Waals surface area (Å²) in [5.41, 5.74) is 1.20. The number of fused-ring (bicyclic) bond motifs is 3. The van der Waals surface area contributed by atoms with Gasteiger partial charge >= 0.3 is 5.97 Å². The molecule has 0 aromatic carbocycles. The first-order valence-electron chi connectivity index (χ1n) is 7.79. The molecule has 0 saturated carbocycles. The van der Waals surface area contributed by atoms with Gasteiger partial charge in [0.2, 0.25) is 0 Å². The van der Waals surface area contributed by atoms with Crippen LogP contribution in [-0.4, -0.2) is 30.7 Å². The van der Waals surface area contributed by atoms with Gasteiger partial charge in [-0.2, -0.15) is 0 Å². The van der Waals surface area contributed by atoms with Crippen LogP contribution in [0.3, 0.4) is 0 Å². The van der Waals surface area contributed by atoms with Crippen molar-refractivity contribution in [3.63, 3.8) is 0 Å². The molecule has 2 aromatic rings. The molecule has 7 nitrogen and oxygen atoms in total. The third-order valence-corrected chi connectivity index (χ3v) is 4.37. The van der Waals surface area contributed by atoms with E-state index in [4.69, 9.17) is 5.11 Å². The number of nitrogens with zero attached hydrogens (tertiary/aromatic N) is 2. The van der Waals surface area contributed by atoms with Crippen molar-refractivity contribution in [3.05, 3.63) is 33.0 Å². The van der Waals surface area contributed by atoms with Gasteiger partial charge in [0.05, 0.1) is 5.69 Å². The van der Waals surface area contributed by atoms with Crippen LogP contribution in [0.15, 0.2) is 4.79 Å². The van der Waals surface area contributed by atoms with Gasteiger partial charge in [0.15, 0.2) is 5.56 Å². The highest BCUT2D eigenvalue weighted by Gasteiger charge is 2.28. The second kappa shape index (κ2) is 5.57. The first-order valence-corrected chi connectivity index (χ1v) is 7.79. The van der Waals surface area contributed by atoms with E-state index < -0.39 is 22.8 Å². The van der Waals surface area contributed by atoms with Crippen LogP contribution < -0.4 is 5.56 Å². The zero-order valence-electron chi connectivity index (χ0n) is 13.1. The van der Waals surface area contributed by atoms with E-state index in [1.54, 1.807) is 0 Å². The summed E-state index contributed by atoms with van der Waals surface area (Å²) in [5, 5.41) is 19.4. The van der Waals surface area contributed by atoms with Crippen molar-refractivity contribution in [2.75, 3.05) is 0 Å². The fraction of sp³-hybridized carbons (Fsp3) is 0.438. The zero-order chi connectivity index (χ0) is 16.7. The molecule has 0 unspecified atom stereocenters. The molecule has 0 fully saturated rings. The van der Waals surface area contributed by atoms with E-state index in [0.29, 0.717) is 23.4 Å². The van der Waals surface area contributed by atoms with Gasteiger partial charge in [-0.15, -0.1) is 0 Å². The maximum atomic E-state index is 12.1.